The van der Waals surface area contributed by atoms with Crippen LogP contribution < -0.4 is 24.4 Å². The van der Waals surface area contributed by atoms with Crippen LogP contribution in [-0.2, 0) is 0 Å². The molecule has 0 aliphatic heterocycles. The number of fused-ring (bicyclic) bond motifs is 1. The number of anilines is 1. The van der Waals surface area contributed by atoms with E-state index in [1.54, 1.807) is 31.8 Å². The van der Waals surface area contributed by atoms with Crippen LogP contribution in [0.1, 0.15) is 11.1 Å². The number of benzene rings is 3. The molecule has 0 bridgehead atoms. The SMILES string of the molecule is COc1cc(C=NNc2nc3ccccc3s2)cc(OC)c1OCCOc1cccc(C)c1. The molecule has 0 aliphatic rings. The molecule has 7 nitrogen and oxygen atoms in total. The van der Waals surface area contributed by atoms with Gasteiger partial charge in [0, 0.05) is 5.56 Å². The molecule has 4 rings (SSSR count). The van der Waals surface area contributed by atoms with E-state index in [1.807, 2.05) is 67.6 Å². The summed E-state index contributed by atoms with van der Waals surface area (Å²) >= 11 is 1.54. The first kappa shape index (κ1) is 22.4. The summed E-state index contributed by atoms with van der Waals surface area (Å²) in [6.07, 6.45) is 1.68. The first-order valence-corrected chi connectivity index (χ1v) is 11.2. The molecule has 0 fully saturated rings. The topological polar surface area (TPSA) is 74.2 Å². The van der Waals surface area contributed by atoms with E-state index in [0.29, 0.717) is 30.5 Å². The number of hydrazone groups is 1. The molecular weight excluding hydrogens is 438 g/mol. The van der Waals surface area contributed by atoms with Crippen molar-refractivity contribution in [3.8, 4) is 23.0 Å². The number of para-hydroxylation sites is 1. The smallest absolute Gasteiger partial charge is 0.204 e. The Kier molecular flexibility index (Phi) is 7.26. The molecule has 0 spiro atoms. The van der Waals surface area contributed by atoms with Crippen LogP contribution in [0.25, 0.3) is 10.2 Å². The monoisotopic (exact) mass is 463 g/mol. The zero-order valence-electron chi connectivity index (χ0n) is 18.7. The zero-order chi connectivity index (χ0) is 23.0. The molecule has 1 aromatic heterocycles. The summed E-state index contributed by atoms with van der Waals surface area (Å²) in [5.74, 6) is 2.42. The summed E-state index contributed by atoms with van der Waals surface area (Å²) in [5.41, 5.74) is 5.86. The van der Waals surface area contributed by atoms with E-state index in [1.165, 1.54) is 0 Å². The second-order valence-electron chi connectivity index (χ2n) is 7.12. The van der Waals surface area contributed by atoms with Crippen molar-refractivity contribution in [1.29, 1.82) is 0 Å². The Morgan fingerprint density at radius 2 is 1.70 bits per heavy atom. The van der Waals surface area contributed by atoms with Crippen LogP contribution in [0, 0.1) is 6.92 Å². The summed E-state index contributed by atoms with van der Waals surface area (Å²) in [7, 11) is 3.18. The van der Waals surface area contributed by atoms with Gasteiger partial charge in [-0.25, -0.2) is 4.98 Å². The summed E-state index contributed by atoms with van der Waals surface area (Å²) in [4.78, 5) is 4.51. The van der Waals surface area contributed by atoms with Gasteiger partial charge >= 0.3 is 0 Å². The molecule has 33 heavy (non-hydrogen) atoms. The van der Waals surface area contributed by atoms with Crippen molar-refractivity contribution < 1.29 is 18.9 Å². The van der Waals surface area contributed by atoms with Gasteiger partial charge in [-0.1, -0.05) is 35.6 Å². The third kappa shape index (κ3) is 5.72. The summed E-state index contributed by atoms with van der Waals surface area (Å²) < 4.78 is 23.8. The molecule has 0 atom stereocenters. The Balaban J connectivity index is 1.40. The number of nitrogens with one attached hydrogen (secondary N) is 1. The number of hydrogen-bond acceptors (Lipinski definition) is 8. The number of nitrogens with zero attached hydrogens (tertiary/aromatic N) is 2. The summed E-state index contributed by atoms with van der Waals surface area (Å²) in [6, 6.07) is 19.5. The van der Waals surface area contributed by atoms with Gasteiger partial charge in [-0.2, -0.15) is 5.10 Å². The highest BCUT2D eigenvalue weighted by molar-refractivity contribution is 7.22. The molecule has 1 heterocycles. The van der Waals surface area contributed by atoms with Crippen molar-refractivity contribution in [2.75, 3.05) is 32.9 Å². The summed E-state index contributed by atoms with van der Waals surface area (Å²) in [5, 5.41) is 5.03. The quantitative estimate of drug-likeness (QED) is 0.189. The van der Waals surface area contributed by atoms with Crippen molar-refractivity contribution in [3.63, 3.8) is 0 Å². The number of hydrogen-bond donors (Lipinski definition) is 1. The predicted molar refractivity (Wildman–Crippen MR) is 133 cm³/mol. The van der Waals surface area contributed by atoms with Gasteiger partial charge in [-0.05, 0) is 48.9 Å². The minimum Gasteiger partial charge on any atom is -0.493 e. The second kappa shape index (κ2) is 10.7. The van der Waals surface area contributed by atoms with Crippen molar-refractivity contribution in [2.24, 2.45) is 5.10 Å². The highest BCUT2D eigenvalue weighted by Crippen LogP contribution is 2.38. The third-order valence-electron chi connectivity index (χ3n) is 4.74. The second-order valence-corrected chi connectivity index (χ2v) is 8.16. The van der Waals surface area contributed by atoms with Gasteiger partial charge in [0.15, 0.2) is 11.5 Å². The maximum absolute atomic E-state index is 5.92. The lowest BCUT2D eigenvalue weighted by Crippen LogP contribution is -2.10. The maximum atomic E-state index is 5.92. The maximum Gasteiger partial charge on any atom is 0.204 e. The lowest BCUT2D eigenvalue weighted by molar-refractivity contribution is 0.205. The molecule has 0 aliphatic carbocycles. The Bertz CT molecular complexity index is 1200. The van der Waals surface area contributed by atoms with Gasteiger partial charge in [0.2, 0.25) is 10.9 Å². The van der Waals surface area contributed by atoms with Gasteiger partial charge in [-0.3, -0.25) is 5.43 Å². The molecule has 0 unspecified atom stereocenters. The fourth-order valence-electron chi connectivity index (χ4n) is 3.21. The average molecular weight is 464 g/mol. The Morgan fingerprint density at radius 1 is 0.939 bits per heavy atom. The van der Waals surface area contributed by atoms with Gasteiger partial charge in [-0.15, -0.1) is 0 Å². The minimum atomic E-state index is 0.341. The first-order chi connectivity index (χ1) is 16.2. The highest BCUT2D eigenvalue weighted by atomic mass is 32.1. The molecule has 0 radical (unpaired) electrons. The fraction of sp³-hybridized carbons (Fsp3) is 0.200. The van der Waals surface area contributed by atoms with E-state index in [4.69, 9.17) is 18.9 Å². The van der Waals surface area contributed by atoms with E-state index in [0.717, 1.165) is 32.2 Å². The molecule has 1 N–H and O–H groups in total. The molecule has 0 saturated carbocycles. The van der Waals surface area contributed by atoms with E-state index in [9.17, 15) is 0 Å². The highest BCUT2D eigenvalue weighted by Gasteiger charge is 2.14. The predicted octanol–water partition coefficient (Wildman–Crippen LogP) is 5.53. The Labute approximate surface area is 196 Å². The fourth-order valence-corrected chi connectivity index (χ4v) is 4.02. The molecule has 4 aromatic rings. The number of methoxy groups -OCH3 is 2. The number of aryl methyl sites for hydroxylation is 1. The standard InChI is InChI=1S/C25H25N3O4S/c1-17-7-6-8-19(13-17)31-11-12-32-24-21(29-2)14-18(15-22(24)30-3)16-26-28-25-27-20-9-4-5-10-23(20)33-25/h4-10,13-16H,11-12H2,1-3H3,(H,27,28). The molecule has 8 heteroatoms. The first-order valence-electron chi connectivity index (χ1n) is 10.4. The molecule has 0 saturated heterocycles. The normalized spacial score (nSPS) is 11.0. The van der Waals surface area contributed by atoms with E-state index in [-0.39, 0.29) is 0 Å². The Hall–Kier alpha value is -3.78. The van der Waals surface area contributed by atoms with E-state index < -0.39 is 0 Å². The van der Waals surface area contributed by atoms with Crippen molar-refractivity contribution in [1.82, 2.24) is 4.98 Å². The van der Waals surface area contributed by atoms with E-state index in [2.05, 4.69) is 15.5 Å². The van der Waals surface area contributed by atoms with Crippen LogP contribution in [0.4, 0.5) is 5.13 Å². The lowest BCUT2D eigenvalue weighted by Gasteiger charge is -2.15. The van der Waals surface area contributed by atoms with Gasteiger partial charge in [0.05, 0.1) is 30.7 Å². The number of aromatic nitrogens is 1. The van der Waals surface area contributed by atoms with Crippen molar-refractivity contribution in [3.05, 3.63) is 71.8 Å². The van der Waals surface area contributed by atoms with Gasteiger partial charge in [0.1, 0.15) is 19.0 Å². The zero-order valence-corrected chi connectivity index (χ0v) is 19.5. The summed E-state index contributed by atoms with van der Waals surface area (Å²) in [6.45, 7) is 2.76. The van der Waals surface area contributed by atoms with Crippen LogP contribution in [0.15, 0.2) is 65.8 Å². The van der Waals surface area contributed by atoms with Crippen molar-refractivity contribution in [2.45, 2.75) is 6.92 Å². The molecule has 3 aromatic carbocycles. The van der Waals surface area contributed by atoms with Crippen LogP contribution in [0.5, 0.6) is 23.0 Å². The largest absolute Gasteiger partial charge is 0.493 e. The van der Waals surface area contributed by atoms with Crippen LogP contribution >= 0.6 is 11.3 Å². The number of ether oxygens (including phenoxy) is 4. The van der Waals surface area contributed by atoms with Gasteiger partial charge < -0.3 is 18.9 Å². The van der Waals surface area contributed by atoms with Crippen molar-refractivity contribution >= 4 is 32.9 Å². The molecule has 0 amide bonds. The lowest BCUT2D eigenvalue weighted by atomic mass is 10.2. The van der Waals surface area contributed by atoms with Crippen LogP contribution in [0.3, 0.4) is 0 Å². The minimum absolute atomic E-state index is 0.341. The van der Waals surface area contributed by atoms with Crippen LogP contribution in [-0.4, -0.2) is 38.6 Å². The number of rotatable bonds is 10. The third-order valence-corrected chi connectivity index (χ3v) is 5.68. The molecular formula is C25H25N3O4S. The Morgan fingerprint density at radius 3 is 2.42 bits per heavy atom. The average Bonchev–Trinajstić information content (AvgIpc) is 3.24. The van der Waals surface area contributed by atoms with Gasteiger partial charge in [0.25, 0.3) is 0 Å². The van der Waals surface area contributed by atoms with Crippen LogP contribution in [0.2, 0.25) is 0 Å². The molecule has 170 valence electrons. The van der Waals surface area contributed by atoms with E-state index >= 15 is 0 Å². The number of thiazole rings is 1.